The van der Waals surface area contributed by atoms with Crippen molar-refractivity contribution in [3.63, 3.8) is 0 Å². The Kier molecular flexibility index (Phi) is 6.27. The highest BCUT2D eigenvalue weighted by Gasteiger charge is 2.23. The van der Waals surface area contributed by atoms with Gasteiger partial charge in [-0.3, -0.25) is 9.48 Å². The highest BCUT2D eigenvalue weighted by atomic mass is 35.5. The van der Waals surface area contributed by atoms with Gasteiger partial charge in [0.25, 0.3) is 5.91 Å². The van der Waals surface area contributed by atoms with E-state index >= 15 is 0 Å². The van der Waals surface area contributed by atoms with Gasteiger partial charge < -0.3 is 14.8 Å². The van der Waals surface area contributed by atoms with Crippen molar-refractivity contribution in [3.05, 3.63) is 40.0 Å². The molecule has 0 saturated carbocycles. The van der Waals surface area contributed by atoms with Crippen molar-refractivity contribution in [1.82, 2.24) is 9.78 Å². The zero-order valence-corrected chi connectivity index (χ0v) is 15.4. The number of anilines is 1. The number of nitrogens with one attached hydrogen (secondary N) is 1. The van der Waals surface area contributed by atoms with Crippen LogP contribution in [0.15, 0.2) is 24.4 Å². The monoisotopic (exact) mass is 385 g/mol. The average molecular weight is 386 g/mol. The lowest BCUT2D eigenvalue weighted by molar-refractivity contribution is -0.122. The molecule has 1 amide bonds. The lowest BCUT2D eigenvalue weighted by Crippen LogP contribution is -2.31. The lowest BCUT2D eigenvalue weighted by atomic mass is 10.3. The summed E-state index contributed by atoms with van der Waals surface area (Å²) in [6.45, 7) is 3.47. The van der Waals surface area contributed by atoms with Crippen molar-refractivity contribution < 1.29 is 19.1 Å². The van der Waals surface area contributed by atoms with E-state index in [1.807, 2.05) is 0 Å². The Hall–Kier alpha value is -2.25. The molecule has 0 aliphatic heterocycles. The Balaban J connectivity index is 2.11. The van der Waals surface area contributed by atoms with Crippen LogP contribution in [-0.4, -0.2) is 34.4 Å². The van der Waals surface area contributed by atoms with Gasteiger partial charge in [0.05, 0.1) is 17.8 Å². The molecule has 0 bridgehead atoms. The zero-order valence-electron chi connectivity index (χ0n) is 13.9. The number of amides is 1. The molecule has 0 spiro atoms. The van der Waals surface area contributed by atoms with E-state index in [2.05, 4.69) is 10.4 Å². The molecule has 1 N–H and O–H groups in total. The minimum Gasteiger partial charge on any atom is -0.479 e. The summed E-state index contributed by atoms with van der Waals surface area (Å²) in [5, 5.41) is 7.33. The quantitative estimate of drug-likeness (QED) is 0.771. The third kappa shape index (κ3) is 4.64. The number of ether oxygens (including phenoxy) is 2. The van der Waals surface area contributed by atoms with E-state index in [0.717, 1.165) is 0 Å². The maximum atomic E-state index is 12.4. The number of benzene rings is 1. The number of carbonyl (C=O) groups excluding carboxylic acids is 2. The third-order valence-electron chi connectivity index (χ3n) is 3.24. The molecule has 0 aliphatic carbocycles. The maximum absolute atomic E-state index is 12.4. The molecule has 1 unspecified atom stereocenters. The number of aryl methyl sites for hydroxylation is 1. The van der Waals surface area contributed by atoms with Crippen molar-refractivity contribution in [1.29, 1.82) is 0 Å². The fraction of sp³-hybridized carbons (Fsp3) is 0.312. The standard InChI is InChI=1S/C16H17Cl2N3O4/c1-4-24-16(23)11-8-19-21(3)14(11)20-15(22)9(2)25-13-6-5-10(17)7-12(13)18/h5-9H,4H2,1-3H3,(H,20,22). The first kappa shape index (κ1) is 19.1. The molecular weight excluding hydrogens is 369 g/mol. The first-order chi connectivity index (χ1) is 11.8. The fourth-order valence-electron chi connectivity index (χ4n) is 1.98. The van der Waals surface area contributed by atoms with Gasteiger partial charge in [-0.1, -0.05) is 23.2 Å². The summed E-state index contributed by atoms with van der Waals surface area (Å²) >= 11 is 11.9. The smallest absolute Gasteiger partial charge is 0.343 e. The van der Waals surface area contributed by atoms with Crippen molar-refractivity contribution in [2.24, 2.45) is 7.05 Å². The van der Waals surface area contributed by atoms with Crippen LogP contribution in [0.5, 0.6) is 5.75 Å². The summed E-state index contributed by atoms with van der Waals surface area (Å²) in [4.78, 5) is 24.3. The van der Waals surface area contributed by atoms with Gasteiger partial charge in [-0.05, 0) is 32.0 Å². The highest BCUT2D eigenvalue weighted by Crippen LogP contribution is 2.28. The Labute approximate surface area is 154 Å². The van der Waals surface area contributed by atoms with Crippen LogP contribution in [0.1, 0.15) is 24.2 Å². The number of aromatic nitrogens is 2. The second-order valence-corrected chi connectivity index (χ2v) is 5.92. The minimum absolute atomic E-state index is 0.162. The molecule has 25 heavy (non-hydrogen) atoms. The minimum atomic E-state index is -0.872. The van der Waals surface area contributed by atoms with Crippen LogP contribution in [0.25, 0.3) is 0 Å². The number of nitrogens with zero attached hydrogens (tertiary/aromatic N) is 2. The maximum Gasteiger partial charge on any atom is 0.343 e. The highest BCUT2D eigenvalue weighted by molar-refractivity contribution is 6.35. The van der Waals surface area contributed by atoms with Crippen molar-refractivity contribution in [2.45, 2.75) is 20.0 Å². The molecule has 7 nitrogen and oxygen atoms in total. The number of rotatable bonds is 6. The first-order valence-corrected chi connectivity index (χ1v) is 8.20. The summed E-state index contributed by atoms with van der Waals surface area (Å²) in [6.07, 6.45) is 0.457. The largest absolute Gasteiger partial charge is 0.479 e. The van der Waals surface area contributed by atoms with Crippen molar-refractivity contribution in [3.8, 4) is 5.75 Å². The van der Waals surface area contributed by atoms with Gasteiger partial charge in [-0.25, -0.2) is 4.79 Å². The van der Waals surface area contributed by atoms with Crippen molar-refractivity contribution >= 4 is 40.9 Å². The first-order valence-electron chi connectivity index (χ1n) is 7.45. The Morgan fingerprint density at radius 1 is 1.36 bits per heavy atom. The van der Waals surface area contributed by atoms with Gasteiger partial charge in [-0.15, -0.1) is 0 Å². The molecular formula is C16H17Cl2N3O4. The van der Waals surface area contributed by atoms with Crippen LogP contribution in [0, 0.1) is 0 Å². The predicted octanol–water partition coefficient (Wildman–Crippen LogP) is 3.31. The van der Waals surface area contributed by atoms with Gasteiger partial charge in [0, 0.05) is 12.1 Å². The van der Waals surface area contributed by atoms with E-state index in [4.69, 9.17) is 32.7 Å². The molecule has 2 aromatic rings. The van der Waals surface area contributed by atoms with Crippen LogP contribution in [0.4, 0.5) is 5.82 Å². The molecule has 1 heterocycles. The van der Waals surface area contributed by atoms with Crippen LogP contribution in [0.3, 0.4) is 0 Å². The van der Waals surface area contributed by atoms with E-state index in [0.29, 0.717) is 15.8 Å². The molecule has 0 fully saturated rings. The van der Waals surface area contributed by atoms with Gasteiger partial charge in [-0.2, -0.15) is 5.10 Å². The van der Waals surface area contributed by atoms with E-state index < -0.39 is 18.0 Å². The van der Waals surface area contributed by atoms with Crippen LogP contribution in [-0.2, 0) is 16.6 Å². The molecule has 0 radical (unpaired) electrons. The Bertz CT molecular complexity index is 792. The van der Waals surface area contributed by atoms with Gasteiger partial charge in [0.15, 0.2) is 6.10 Å². The summed E-state index contributed by atoms with van der Waals surface area (Å²) in [6, 6.07) is 4.69. The van der Waals surface area contributed by atoms with Crippen LogP contribution >= 0.6 is 23.2 Å². The van der Waals surface area contributed by atoms with Gasteiger partial charge in [0.1, 0.15) is 17.1 Å². The van der Waals surface area contributed by atoms with E-state index in [1.165, 1.54) is 16.9 Å². The van der Waals surface area contributed by atoms with Crippen LogP contribution < -0.4 is 10.1 Å². The van der Waals surface area contributed by atoms with E-state index in [1.54, 1.807) is 33.0 Å². The summed E-state index contributed by atoms with van der Waals surface area (Å²) in [5.41, 5.74) is 0.162. The van der Waals surface area contributed by atoms with Crippen molar-refractivity contribution in [2.75, 3.05) is 11.9 Å². The molecule has 0 saturated heterocycles. The Morgan fingerprint density at radius 3 is 2.72 bits per heavy atom. The number of carbonyl (C=O) groups is 2. The average Bonchev–Trinajstić information content (AvgIpc) is 2.91. The summed E-state index contributed by atoms with van der Waals surface area (Å²) in [5.74, 6) is -0.495. The SMILES string of the molecule is CCOC(=O)c1cnn(C)c1NC(=O)C(C)Oc1ccc(Cl)cc1Cl. The molecule has 134 valence electrons. The molecule has 1 atom stereocenters. The fourth-order valence-corrected chi connectivity index (χ4v) is 2.43. The van der Waals surface area contributed by atoms with E-state index in [9.17, 15) is 9.59 Å². The normalized spacial score (nSPS) is 11.7. The number of esters is 1. The van der Waals surface area contributed by atoms with Gasteiger partial charge >= 0.3 is 5.97 Å². The predicted molar refractivity (Wildman–Crippen MR) is 94.3 cm³/mol. The van der Waals surface area contributed by atoms with Gasteiger partial charge in [0.2, 0.25) is 0 Å². The lowest BCUT2D eigenvalue weighted by Gasteiger charge is -2.16. The molecule has 0 aliphatic rings. The third-order valence-corrected chi connectivity index (χ3v) is 3.77. The van der Waals surface area contributed by atoms with Crippen LogP contribution in [0.2, 0.25) is 10.0 Å². The zero-order chi connectivity index (χ0) is 18.6. The molecule has 1 aromatic heterocycles. The summed E-state index contributed by atoms with van der Waals surface area (Å²) in [7, 11) is 1.60. The molecule has 2 rings (SSSR count). The van der Waals surface area contributed by atoms with E-state index in [-0.39, 0.29) is 18.0 Å². The number of hydrogen-bond acceptors (Lipinski definition) is 5. The summed E-state index contributed by atoms with van der Waals surface area (Å²) < 4.78 is 11.9. The molecule has 1 aromatic carbocycles. The second-order valence-electron chi connectivity index (χ2n) is 5.08. The number of hydrogen-bond donors (Lipinski definition) is 1. The topological polar surface area (TPSA) is 82.5 Å². The Morgan fingerprint density at radius 2 is 2.08 bits per heavy atom. The molecule has 9 heteroatoms. The number of halogens is 2. The second kappa shape index (κ2) is 8.22.